The Labute approximate surface area is 115 Å². The second-order valence-electron chi connectivity index (χ2n) is 5.27. The topological polar surface area (TPSA) is 42.1 Å². The van der Waals surface area contributed by atoms with E-state index in [1.54, 1.807) is 0 Å². The van der Waals surface area contributed by atoms with E-state index in [4.69, 9.17) is 5.73 Å². The highest BCUT2D eigenvalue weighted by Gasteiger charge is 2.06. The van der Waals surface area contributed by atoms with Crippen molar-refractivity contribution in [3.05, 3.63) is 35.5 Å². The highest BCUT2D eigenvalue weighted by atomic mass is 15.1. The molecule has 102 valence electrons. The largest absolute Gasteiger partial charge is 0.377 e. The van der Waals surface area contributed by atoms with Crippen molar-refractivity contribution < 1.29 is 0 Å². The van der Waals surface area contributed by atoms with Gasteiger partial charge in [-0.1, -0.05) is 12.1 Å². The molecule has 3 nitrogen and oxygen atoms in total. The van der Waals surface area contributed by atoms with Crippen molar-refractivity contribution in [3.8, 4) is 0 Å². The van der Waals surface area contributed by atoms with Gasteiger partial charge in [-0.3, -0.25) is 4.98 Å². The molecule has 0 unspecified atom stereocenters. The first-order chi connectivity index (χ1) is 9.11. The van der Waals surface area contributed by atoms with Gasteiger partial charge < -0.3 is 10.6 Å². The number of hydrogen-bond donors (Lipinski definition) is 1. The lowest BCUT2D eigenvalue weighted by atomic mass is 10.0. The predicted molar refractivity (Wildman–Crippen MR) is 82.8 cm³/mol. The Balaban J connectivity index is 2.37. The van der Waals surface area contributed by atoms with E-state index in [0.717, 1.165) is 37.0 Å². The van der Waals surface area contributed by atoms with Crippen molar-refractivity contribution in [1.82, 2.24) is 4.98 Å². The van der Waals surface area contributed by atoms with Gasteiger partial charge in [0.05, 0.1) is 5.52 Å². The van der Waals surface area contributed by atoms with Crippen LogP contribution in [0.5, 0.6) is 0 Å². The molecule has 0 aliphatic rings. The zero-order chi connectivity index (χ0) is 13.8. The number of rotatable bonds is 5. The van der Waals surface area contributed by atoms with Crippen LogP contribution in [-0.2, 0) is 6.42 Å². The maximum Gasteiger partial charge on any atom is 0.0728 e. The molecule has 0 amide bonds. The zero-order valence-corrected chi connectivity index (χ0v) is 12.1. The monoisotopic (exact) mass is 257 g/mol. The second-order valence-corrected chi connectivity index (χ2v) is 5.27. The van der Waals surface area contributed by atoms with Crippen LogP contribution in [-0.4, -0.2) is 25.6 Å². The zero-order valence-electron chi connectivity index (χ0n) is 12.1. The number of hydrogen-bond acceptors (Lipinski definition) is 3. The fourth-order valence-electron chi connectivity index (χ4n) is 2.38. The average Bonchev–Trinajstić information content (AvgIpc) is 2.37. The molecule has 0 atom stereocenters. The van der Waals surface area contributed by atoms with Crippen LogP contribution in [0.4, 0.5) is 5.69 Å². The molecule has 0 fully saturated rings. The lowest BCUT2D eigenvalue weighted by molar-refractivity contribution is 0.745. The van der Waals surface area contributed by atoms with E-state index in [2.05, 4.69) is 48.2 Å². The third-order valence-electron chi connectivity index (χ3n) is 3.38. The number of aryl methyl sites for hydroxylation is 2. The SMILES string of the molecule is Cc1cc(N(C)C)c2ccc(CCCCN)cc2n1. The standard InChI is InChI=1S/C16H23N3/c1-12-10-16(19(2)3)14-8-7-13(6-4-5-9-17)11-15(14)18-12/h7-8,10-11H,4-6,9,17H2,1-3H3. The molecule has 0 aliphatic carbocycles. The van der Waals surface area contributed by atoms with Gasteiger partial charge in [0.15, 0.2) is 0 Å². The van der Waals surface area contributed by atoms with Crippen LogP contribution in [0.25, 0.3) is 10.9 Å². The minimum absolute atomic E-state index is 0.774. The second kappa shape index (κ2) is 6.02. The minimum Gasteiger partial charge on any atom is -0.377 e. The Hall–Kier alpha value is -1.61. The van der Waals surface area contributed by atoms with E-state index in [0.29, 0.717) is 0 Å². The van der Waals surface area contributed by atoms with E-state index in [1.165, 1.54) is 16.6 Å². The number of benzene rings is 1. The Kier molecular flexibility index (Phi) is 4.38. The normalized spacial score (nSPS) is 10.9. The molecule has 1 aromatic carbocycles. The van der Waals surface area contributed by atoms with Crippen molar-refractivity contribution in [1.29, 1.82) is 0 Å². The first-order valence-corrected chi connectivity index (χ1v) is 6.89. The van der Waals surface area contributed by atoms with Crippen LogP contribution in [0.1, 0.15) is 24.1 Å². The summed E-state index contributed by atoms with van der Waals surface area (Å²) in [4.78, 5) is 6.80. The molecule has 1 heterocycles. The molecule has 0 radical (unpaired) electrons. The first kappa shape index (κ1) is 13.8. The summed E-state index contributed by atoms with van der Waals surface area (Å²) in [5.74, 6) is 0. The van der Waals surface area contributed by atoms with E-state index in [-0.39, 0.29) is 0 Å². The van der Waals surface area contributed by atoms with Crippen LogP contribution in [0.15, 0.2) is 24.3 Å². The first-order valence-electron chi connectivity index (χ1n) is 6.89. The van der Waals surface area contributed by atoms with Gasteiger partial charge in [-0.2, -0.15) is 0 Å². The van der Waals surface area contributed by atoms with Crippen molar-refractivity contribution in [2.75, 3.05) is 25.5 Å². The molecule has 2 rings (SSSR count). The van der Waals surface area contributed by atoms with Crippen LogP contribution in [0.2, 0.25) is 0 Å². The van der Waals surface area contributed by atoms with E-state index in [1.807, 2.05) is 6.92 Å². The van der Waals surface area contributed by atoms with Gasteiger partial charge in [0, 0.05) is 30.9 Å². The molecule has 19 heavy (non-hydrogen) atoms. The van der Waals surface area contributed by atoms with Crippen molar-refractivity contribution >= 4 is 16.6 Å². The number of aromatic nitrogens is 1. The third-order valence-corrected chi connectivity index (χ3v) is 3.38. The van der Waals surface area contributed by atoms with Crippen LogP contribution in [0.3, 0.4) is 0 Å². The molecule has 0 saturated heterocycles. The molecule has 2 N–H and O–H groups in total. The summed E-state index contributed by atoms with van der Waals surface area (Å²) in [5.41, 5.74) is 10.3. The predicted octanol–water partition coefficient (Wildman–Crippen LogP) is 2.89. The molecule has 1 aromatic heterocycles. The Morgan fingerprint density at radius 2 is 1.95 bits per heavy atom. The number of fused-ring (bicyclic) bond motifs is 1. The molecule has 0 bridgehead atoms. The molecule has 3 heteroatoms. The molecule has 0 spiro atoms. The van der Waals surface area contributed by atoms with Gasteiger partial charge >= 0.3 is 0 Å². The van der Waals surface area contributed by atoms with Gasteiger partial charge in [0.1, 0.15) is 0 Å². The fourth-order valence-corrected chi connectivity index (χ4v) is 2.38. The molecule has 0 aliphatic heterocycles. The Morgan fingerprint density at radius 3 is 2.63 bits per heavy atom. The summed E-state index contributed by atoms with van der Waals surface area (Å²) in [6.45, 7) is 2.82. The molecule has 0 saturated carbocycles. The number of pyridine rings is 1. The molecular weight excluding hydrogens is 234 g/mol. The van der Waals surface area contributed by atoms with E-state index < -0.39 is 0 Å². The van der Waals surface area contributed by atoms with E-state index >= 15 is 0 Å². The van der Waals surface area contributed by atoms with Gasteiger partial charge in [0.2, 0.25) is 0 Å². The molecule has 2 aromatic rings. The van der Waals surface area contributed by atoms with Crippen LogP contribution >= 0.6 is 0 Å². The third kappa shape index (κ3) is 3.24. The van der Waals surface area contributed by atoms with Crippen molar-refractivity contribution in [2.24, 2.45) is 5.73 Å². The average molecular weight is 257 g/mol. The number of unbranched alkanes of at least 4 members (excludes halogenated alkanes) is 1. The van der Waals surface area contributed by atoms with Crippen LogP contribution in [0, 0.1) is 6.92 Å². The summed E-state index contributed by atoms with van der Waals surface area (Å²) in [5, 5.41) is 1.22. The summed E-state index contributed by atoms with van der Waals surface area (Å²) < 4.78 is 0. The Bertz CT molecular complexity index is 561. The summed E-state index contributed by atoms with van der Waals surface area (Å²) in [6.07, 6.45) is 3.32. The van der Waals surface area contributed by atoms with Gasteiger partial charge in [-0.15, -0.1) is 0 Å². The number of nitrogens with two attached hydrogens (primary N) is 1. The number of nitrogens with zero attached hydrogens (tertiary/aromatic N) is 2. The summed E-state index contributed by atoms with van der Waals surface area (Å²) in [7, 11) is 4.15. The molecular formula is C16H23N3. The maximum absolute atomic E-state index is 5.54. The minimum atomic E-state index is 0.774. The highest BCUT2D eigenvalue weighted by Crippen LogP contribution is 2.26. The van der Waals surface area contributed by atoms with Crippen LogP contribution < -0.4 is 10.6 Å². The number of anilines is 1. The quantitative estimate of drug-likeness (QED) is 0.837. The maximum atomic E-state index is 5.54. The lowest BCUT2D eigenvalue weighted by Gasteiger charge is -2.16. The van der Waals surface area contributed by atoms with Gasteiger partial charge in [-0.25, -0.2) is 0 Å². The highest BCUT2D eigenvalue weighted by molar-refractivity contribution is 5.92. The van der Waals surface area contributed by atoms with Crippen molar-refractivity contribution in [2.45, 2.75) is 26.2 Å². The van der Waals surface area contributed by atoms with Gasteiger partial charge in [-0.05, 0) is 50.4 Å². The van der Waals surface area contributed by atoms with E-state index in [9.17, 15) is 0 Å². The smallest absolute Gasteiger partial charge is 0.0728 e. The summed E-state index contributed by atoms with van der Waals surface area (Å²) in [6, 6.07) is 8.75. The van der Waals surface area contributed by atoms with Crippen molar-refractivity contribution in [3.63, 3.8) is 0 Å². The van der Waals surface area contributed by atoms with Gasteiger partial charge in [0.25, 0.3) is 0 Å². The fraction of sp³-hybridized carbons (Fsp3) is 0.438. The Morgan fingerprint density at radius 1 is 1.16 bits per heavy atom. The summed E-state index contributed by atoms with van der Waals surface area (Å²) >= 11 is 0. The lowest BCUT2D eigenvalue weighted by Crippen LogP contribution is -2.10.